The van der Waals surface area contributed by atoms with E-state index in [9.17, 15) is 9.18 Å². The number of carbonyl (C=O) groups excluding carboxylic acids is 1. The van der Waals surface area contributed by atoms with Gasteiger partial charge >= 0.3 is 6.09 Å². The minimum atomic E-state index is -0.550. The first-order valence-electron chi connectivity index (χ1n) is 7.29. The summed E-state index contributed by atoms with van der Waals surface area (Å²) in [5.41, 5.74) is 0.526. The lowest BCUT2D eigenvalue weighted by molar-refractivity contribution is 0.0235. The average Bonchev–Trinajstić information content (AvgIpc) is 2.83. The fourth-order valence-electron chi connectivity index (χ4n) is 2.16. The van der Waals surface area contributed by atoms with Gasteiger partial charge in [0.1, 0.15) is 17.0 Å². The molecule has 1 heterocycles. The summed E-state index contributed by atoms with van der Waals surface area (Å²) in [7, 11) is 1.66. The number of fused-ring (bicyclic) bond motifs is 1. The van der Waals surface area contributed by atoms with E-state index >= 15 is 0 Å². The molecule has 0 saturated carbocycles. The molecule has 0 spiro atoms. The van der Waals surface area contributed by atoms with E-state index in [0.717, 1.165) is 5.39 Å². The van der Waals surface area contributed by atoms with Crippen LogP contribution < -0.4 is 0 Å². The number of hydrogen-bond donors (Lipinski definition) is 0. The lowest BCUT2D eigenvalue weighted by atomic mass is 10.0. The molecule has 0 fully saturated rings. The molecule has 0 saturated heterocycles. The molecule has 1 amide bonds. The van der Waals surface area contributed by atoms with E-state index in [1.807, 2.05) is 27.7 Å². The average molecular weight is 307 g/mol. The third kappa shape index (κ3) is 3.78. The highest BCUT2D eigenvalue weighted by molar-refractivity contribution is 5.78. The highest BCUT2D eigenvalue weighted by atomic mass is 19.1. The number of halogens is 1. The first-order valence-corrected chi connectivity index (χ1v) is 7.29. The minimum absolute atomic E-state index is 0.186. The zero-order valence-electron chi connectivity index (χ0n) is 13.6. The van der Waals surface area contributed by atoms with Crippen molar-refractivity contribution in [3.05, 3.63) is 35.8 Å². The Morgan fingerprint density at radius 2 is 2.09 bits per heavy atom. The van der Waals surface area contributed by atoms with Gasteiger partial charge in [0, 0.05) is 24.5 Å². The lowest BCUT2D eigenvalue weighted by Crippen LogP contribution is -2.40. The number of amides is 1. The molecule has 0 N–H and O–H groups in total. The third-order valence-electron chi connectivity index (χ3n) is 3.48. The largest absolute Gasteiger partial charge is 0.464 e. The van der Waals surface area contributed by atoms with Crippen LogP contribution in [0.4, 0.5) is 9.18 Å². The highest BCUT2D eigenvalue weighted by Gasteiger charge is 2.23. The van der Waals surface area contributed by atoms with Crippen LogP contribution in [0, 0.1) is 5.82 Å². The summed E-state index contributed by atoms with van der Waals surface area (Å²) < 4.78 is 24.6. The second kappa shape index (κ2) is 5.99. The van der Waals surface area contributed by atoms with Gasteiger partial charge < -0.3 is 14.1 Å². The van der Waals surface area contributed by atoms with E-state index in [4.69, 9.17) is 9.15 Å². The van der Waals surface area contributed by atoms with Gasteiger partial charge in [-0.15, -0.1) is 0 Å². The number of ether oxygens (including phenoxy) is 1. The van der Waals surface area contributed by atoms with Crippen molar-refractivity contribution >= 4 is 17.1 Å². The Balaban J connectivity index is 2.10. The molecule has 2 aromatic rings. The molecule has 0 bridgehead atoms. The highest BCUT2D eigenvalue weighted by Crippen LogP contribution is 2.22. The number of hydrogen-bond acceptors (Lipinski definition) is 3. The summed E-state index contributed by atoms with van der Waals surface area (Å²) in [4.78, 5) is 13.5. The van der Waals surface area contributed by atoms with Crippen molar-refractivity contribution in [3.8, 4) is 0 Å². The van der Waals surface area contributed by atoms with Gasteiger partial charge in [0.25, 0.3) is 0 Å². The summed E-state index contributed by atoms with van der Waals surface area (Å²) in [6.07, 6.45) is 1.53. The number of rotatable bonds is 3. The normalized spacial score (nSPS) is 13.2. The molecule has 22 heavy (non-hydrogen) atoms. The molecular formula is C17H22FNO3. The molecule has 0 aliphatic carbocycles. The second-order valence-electron chi connectivity index (χ2n) is 6.55. The van der Waals surface area contributed by atoms with Crippen LogP contribution in [0.2, 0.25) is 0 Å². The fraction of sp³-hybridized carbons (Fsp3) is 0.471. The summed E-state index contributed by atoms with van der Waals surface area (Å²) in [5, 5.41) is 0.850. The quantitative estimate of drug-likeness (QED) is 0.845. The molecule has 1 aromatic carbocycles. The molecule has 5 heteroatoms. The first kappa shape index (κ1) is 16.3. The van der Waals surface area contributed by atoms with Crippen molar-refractivity contribution in [3.63, 3.8) is 0 Å². The maximum Gasteiger partial charge on any atom is 0.410 e. The predicted octanol–water partition coefficient (Wildman–Crippen LogP) is 4.37. The topological polar surface area (TPSA) is 42.7 Å². The number of likely N-dealkylation sites (N-methyl/N-ethyl adjacent to an activating group) is 1. The Kier molecular flexibility index (Phi) is 4.44. The summed E-state index contributed by atoms with van der Waals surface area (Å²) >= 11 is 0. The van der Waals surface area contributed by atoms with Crippen molar-refractivity contribution in [2.24, 2.45) is 0 Å². The lowest BCUT2D eigenvalue weighted by Gasteiger charge is -2.28. The molecule has 0 aliphatic rings. The van der Waals surface area contributed by atoms with E-state index in [2.05, 4.69) is 0 Å². The van der Waals surface area contributed by atoms with Gasteiger partial charge in [-0.3, -0.25) is 0 Å². The first-order chi connectivity index (χ1) is 10.2. The van der Waals surface area contributed by atoms with Crippen molar-refractivity contribution in [1.82, 2.24) is 4.90 Å². The zero-order chi connectivity index (χ0) is 16.5. The SMILES string of the molecule is CC(Cc1cc2ccoc2cc1F)N(C)C(=O)OC(C)(C)C. The van der Waals surface area contributed by atoms with Crippen molar-refractivity contribution in [1.29, 1.82) is 0 Å². The third-order valence-corrected chi connectivity index (χ3v) is 3.48. The van der Waals surface area contributed by atoms with Crippen LogP contribution in [0.25, 0.3) is 11.0 Å². The van der Waals surface area contributed by atoms with Gasteiger partial charge in [0.2, 0.25) is 0 Å². The zero-order valence-corrected chi connectivity index (χ0v) is 13.6. The standard InChI is InChI=1S/C17H22FNO3/c1-11(19(5)16(20)22-17(2,3)4)8-13-9-12-6-7-21-15(12)10-14(13)18/h6-7,9-11H,8H2,1-5H3. The van der Waals surface area contributed by atoms with Crippen LogP contribution in [0.3, 0.4) is 0 Å². The molecular weight excluding hydrogens is 285 g/mol. The van der Waals surface area contributed by atoms with Gasteiger partial charge in [-0.2, -0.15) is 0 Å². The molecule has 120 valence electrons. The molecule has 0 radical (unpaired) electrons. The predicted molar refractivity (Wildman–Crippen MR) is 83.3 cm³/mol. The Morgan fingerprint density at radius 3 is 2.73 bits per heavy atom. The Labute approximate surface area is 129 Å². The summed E-state index contributed by atoms with van der Waals surface area (Å²) in [6, 6.07) is 4.74. The molecule has 1 unspecified atom stereocenters. The molecule has 0 aliphatic heterocycles. The molecule has 4 nitrogen and oxygen atoms in total. The fourth-order valence-corrected chi connectivity index (χ4v) is 2.16. The van der Waals surface area contributed by atoms with Crippen LogP contribution in [0.15, 0.2) is 28.9 Å². The van der Waals surface area contributed by atoms with Gasteiger partial charge in [-0.1, -0.05) is 0 Å². The van der Waals surface area contributed by atoms with Crippen LogP contribution in [-0.2, 0) is 11.2 Å². The number of benzene rings is 1. The van der Waals surface area contributed by atoms with Crippen LogP contribution >= 0.6 is 0 Å². The maximum absolute atomic E-state index is 14.1. The summed E-state index contributed by atoms with van der Waals surface area (Å²) in [6.45, 7) is 7.31. The van der Waals surface area contributed by atoms with Gasteiger partial charge in [0.05, 0.1) is 6.26 Å². The number of carbonyl (C=O) groups is 1. The number of nitrogens with zero attached hydrogens (tertiary/aromatic N) is 1. The van der Waals surface area contributed by atoms with Gasteiger partial charge in [-0.25, -0.2) is 9.18 Å². The Hall–Kier alpha value is -2.04. The van der Waals surface area contributed by atoms with E-state index in [-0.39, 0.29) is 11.9 Å². The monoisotopic (exact) mass is 307 g/mol. The van der Waals surface area contributed by atoms with E-state index in [1.54, 1.807) is 19.2 Å². The molecule has 2 rings (SSSR count). The second-order valence-corrected chi connectivity index (χ2v) is 6.55. The van der Waals surface area contributed by atoms with Crippen LogP contribution in [0.1, 0.15) is 33.3 Å². The smallest absolute Gasteiger partial charge is 0.410 e. The number of furan rings is 1. The van der Waals surface area contributed by atoms with E-state index in [1.165, 1.54) is 17.2 Å². The van der Waals surface area contributed by atoms with Crippen molar-refractivity contribution in [2.45, 2.75) is 45.8 Å². The van der Waals surface area contributed by atoms with Gasteiger partial charge in [-0.05, 0) is 51.8 Å². The Morgan fingerprint density at radius 1 is 1.41 bits per heavy atom. The molecule has 1 aromatic heterocycles. The summed E-state index contributed by atoms with van der Waals surface area (Å²) in [5.74, 6) is -0.327. The maximum atomic E-state index is 14.1. The van der Waals surface area contributed by atoms with E-state index < -0.39 is 11.7 Å². The van der Waals surface area contributed by atoms with Crippen LogP contribution in [-0.4, -0.2) is 29.7 Å². The van der Waals surface area contributed by atoms with Gasteiger partial charge in [0.15, 0.2) is 0 Å². The van der Waals surface area contributed by atoms with Crippen molar-refractivity contribution in [2.75, 3.05) is 7.05 Å². The minimum Gasteiger partial charge on any atom is -0.464 e. The van der Waals surface area contributed by atoms with Crippen molar-refractivity contribution < 1.29 is 18.3 Å². The molecule has 1 atom stereocenters. The Bertz CT molecular complexity index is 672. The van der Waals surface area contributed by atoms with E-state index in [0.29, 0.717) is 17.6 Å². The van der Waals surface area contributed by atoms with Crippen LogP contribution in [0.5, 0.6) is 0 Å².